The molecule has 116 valence electrons. The maximum Gasteiger partial charge on any atom is 0.236 e. The number of carbonyl (C=O) groups excluding carboxylic acids is 1. The SMILES string of the molecule is O=C(Nc1nc(-c2cccs2)cs1)C1(c2ccc(Cl)cc2)CC1. The van der Waals surface area contributed by atoms with Gasteiger partial charge in [0.1, 0.15) is 0 Å². The molecule has 0 saturated heterocycles. The summed E-state index contributed by atoms with van der Waals surface area (Å²) < 4.78 is 0. The van der Waals surface area contributed by atoms with Crippen LogP contribution in [0.5, 0.6) is 0 Å². The number of thiazole rings is 1. The van der Waals surface area contributed by atoms with E-state index in [-0.39, 0.29) is 5.91 Å². The lowest BCUT2D eigenvalue weighted by Gasteiger charge is -2.14. The molecule has 6 heteroatoms. The van der Waals surface area contributed by atoms with Gasteiger partial charge in [0.15, 0.2) is 5.13 Å². The molecule has 1 saturated carbocycles. The molecule has 3 nitrogen and oxygen atoms in total. The Kier molecular flexibility index (Phi) is 3.71. The Labute approximate surface area is 147 Å². The van der Waals surface area contributed by atoms with Crippen molar-refractivity contribution in [2.75, 3.05) is 5.32 Å². The molecule has 2 heterocycles. The Bertz CT molecular complexity index is 836. The molecular formula is C17H13ClN2OS2. The van der Waals surface area contributed by atoms with E-state index in [1.807, 2.05) is 47.2 Å². The third-order valence-electron chi connectivity index (χ3n) is 4.08. The molecule has 1 fully saturated rings. The summed E-state index contributed by atoms with van der Waals surface area (Å²) in [5, 5.41) is 8.31. The van der Waals surface area contributed by atoms with E-state index in [2.05, 4.69) is 10.3 Å². The average molecular weight is 361 g/mol. The van der Waals surface area contributed by atoms with Crippen molar-refractivity contribution < 1.29 is 4.79 Å². The van der Waals surface area contributed by atoms with E-state index < -0.39 is 5.41 Å². The molecule has 4 rings (SSSR count). The number of rotatable bonds is 4. The van der Waals surface area contributed by atoms with Crippen LogP contribution in [0.2, 0.25) is 5.02 Å². The van der Waals surface area contributed by atoms with Gasteiger partial charge >= 0.3 is 0 Å². The quantitative estimate of drug-likeness (QED) is 0.695. The van der Waals surface area contributed by atoms with Crippen LogP contribution in [0.15, 0.2) is 47.2 Å². The Morgan fingerprint density at radius 3 is 2.61 bits per heavy atom. The van der Waals surface area contributed by atoms with Gasteiger partial charge in [0.25, 0.3) is 0 Å². The highest BCUT2D eigenvalue weighted by Crippen LogP contribution is 2.49. The van der Waals surface area contributed by atoms with Crippen LogP contribution in [0.25, 0.3) is 10.6 Å². The van der Waals surface area contributed by atoms with Crippen molar-refractivity contribution in [2.45, 2.75) is 18.3 Å². The molecule has 1 aliphatic carbocycles. The summed E-state index contributed by atoms with van der Waals surface area (Å²) >= 11 is 9.04. The van der Waals surface area contributed by atoms with Gasteiger partial charge in [0.2, 0.25) is 5.91 Å². The molecule has 0 aliphatic heterocycles. The fourth-order valence-electron chi connectivity index (χ4n) is 2.63. The number of benzene rings is 1. The number of thiophene rings is 1. The van der Waals surface area contributed by atoms with Gasteiger partial charge in [-0.25, -0.2) is 4.98 Å². The van der Waals surface area contributed by atoms with Crippen molar-refractivity contribution in [1.29, 1.82) is 0 Å². The van der Waals surface area contributed by atoms with Crippen molar-refractivity contribution in [3.63, 3.8) is 0 Å². The zero-order chi connectivity index (χ0) is 15.9. The highest BCUT2D eigenvalue weighted by molar-refractivity contribution is 7.16. The highest BCUT2D eigenvalue weighted by atomic mass is 35.5. The van der Waals surface area contributed by atoms with Crippen LogP contribution in [0.4, 0.5) is 5.13 Å². The molecule has 0 atom stereocenters. The van der Waals surface area contributed by atoms with Crippen LogP contribution in [0.1, 0.15) is 18.4 Å². The number of hydrogen-bond donors (Lipinski definition) is 1. The van der Waals surface area contributed by atoms with Gasteiger partial charge in [-0.2, -0.15) is 0 Å². The monoisotopic (exact) mass is 360 g/mol. The van der Waals surface area contributed by atoms with Crippen molar-refractivity contribution in [3.05, 3.63) is 57.7 Å². The van der Waals surface area contributed by atoms with Crippen molar-refractivity contribution in [2.24, 2.45) is 0 Å². The van der Waals surface area contributed by atoms with Crippen molar-refractivity contribution in [3.8, 4) is 10.6 Å². The lowest BCUT2D eigenvalue weighted by molar-refractivity contribution is -0.118. The van der Waals surface area contributed by atoms with Gasteiger partial charge in [-0.3, -0.25) is 4.79 Å². The van der Waals surface area contributed by atoms with Crippen molar-refractivity contribution >= 4 is 45.3 Å². The Morgan fingerprint density at radius 1 is 1.17 bits per heavy atom. The maximum absolute atomic E-state index is 12.7. The van der Waals surface area contributed by atoms with Gasteiger partial charge < -0.3 is 5.32 Å². The molecule has 0 bridgehead atoms. The summed E-state index contributed by atoms with van der Waals surface area (Å²) in [5.74, 6) is 0.0203. The van der Waals surface area contributed by atoms with Gasteiger partial charge in [0, 0.05) is 10.4 Å². The number of amides is 1. The van der Waals surface area contributed by atoms with Crippen LogP contribution in [0.3, 0.4) is 0 Å². The predicted molar refractivity (Wildman–Crippen MR) is 96.4 cm³/mol. The minimum Gasteiger partial charge on any atom is -0.301 e. The topological polar surface area (TPSA) is 42.0 Å². The number of nitrogens with zero attached hydrogens (tertiary/aromatic N) is 1. The number of carbonyl (C=O) groups is 1. The standard InChI is InChI=1S/C17H13ClN2OS2/c18-12-5-3-11(4-6-12)17(7-8-17)15(21)20-16-19-13(10-23-16)14-2-1-9-22-14/h1-6,9-10H,7-8H2,(H,19,20,21). The number of nitrogens with one attached hydrogen (secondary N) is 1. The van der Waals surface area contributed by atoms with Gasteiger partial charge in [-0.05, 0) is 42.0 Å². The second kappa shape index (κ2) is 5.74. The Hall–Kier alpha value is -1.69. The average Bonchev–Trinajstić information content (AvgIpc) is 2.97. The fraction of sp³-hybridized carbons (Fsp3) is 0.176. The van der Waals surface area contributed by atoms with E-state index in [0.717, 1.165) is 29.0 Å². The maximum atomic E-state index is 12.7. The third kappa shape index (κ3) is 2.80. The zero-order valence-corrected chi connectivity index (χ0v) is 14.5. The third-order valence-corrected chi connectivity index (χ3v) is 5.98. The fourth-order valence-corrected chi connectivity index (χ4v) is 4.22. The first kappa shape index (κ1) is 14.9. The molecule has 0 unspecified atom stereocenters. The molecule has 1 amide bonds. The van der Waals surface area contributed by atoms with E-state index in [4.69, 9.17) is 11.6 Å². The van der Waals surface area contributed by atoms with Crippen LogP contribution in [0, 0.1) is 0 Å². The number of anilines is 1. The summed E-state index contributed by atoms with van der Waals surface area (Å²) in [6.07, 6.45) is 1.73. The zero-order valence-electron chi connectivity index (χ0n) is 12.1. The second-order valence-electron chi connectivity index (χ2n) is 5.56. The lowest BCUT2D eigenvalue weighted by Crippen LogP contribution is -2.27. The molecular weight excluding hydrogens is 348 g/mol. The molecule has 0 radical (unpaired) electrons. The van der Waals surface area contributed by atoms with Crippen LogP contribution in [-0.2, 0) is 10.2 Å². The molecule has 3 aromatic rings. The largest absolute Gasteiger partial charge is 0.301 e. The van der Waals surface area contributed by atoms with E-state index >= 15 is 0 Å². The number of halogens is 1. The van der Waals surface area contributed by atoms with Gasteiger partial charge in [-0.15, -0.1) is 22.7 Å². The summed E-state index contributed by atoms with van der Waals surface area (Å²) in [7, 11) is 0. The number of hydrogen-bond acceptors (Lipinski definition) is 4. The number of aromatic nitrogens is 1. The first-order chi connectivity index (χ1) is 11.2. The smallest absolute Gasteiger partial charge is 0.236 e. The first-order valence-electron chi connectivity index (χ1n) is 7.24. The molecule has 2 aromatic heterocycles. The Balaban J connectivity index is 1.53. The molecule has 0 spiro atoms. The minimum atomic E-state index is -0.417. The first-order valence-corrected chi connectivity index (χ1v) is 9.38. The normalized spacial score (nSPS) is 15.3. The van der Waals surface area contributed by atoms with Crippen LogP contribution in [-0.4, -0.2) is 10.9 Å². The van der Waals surface area contributed by atoms with E-state index in [1.54, 1.807) is 11.3 Å². The molecule has 1 aliphatic rings. The summed E-state index contributed by atoms with van der Waals surface area (Å²) in [6.45, 7) is 0. The van der Waals surface area contributed by atoms with E-state index in [1.165, 1.54) is 11.3 Å². The minimum absolute atomic E-state index is 0.0203. The van der Waals surface area contributed by atoms with Crippen LogP contribution < -0.4 is 5.32 Å². The molecule has 23 heavy (non-hydrogen) atoms. The Morgan fingerprint density at radius 2 is 1.96 bits per heavy atom. The predicted octanol–water partition coefficient (Wildman–Crippen LogP) is 5.20. The van der Waals surface area contributed by atoms with Gasteiger partial charge in [0.05, 0.1) is 16.0 Å². The summed E-state index contributed by atoms with van der Waals surface area (Å²) in [6, 6.07) is 11.6. The molecule has 1 N–H and O–H groups in total. The van der Waals surface area contributed by atoms with Crippen molar-refractivity contribution in [1.82, 2.24) is 4.98 Å². The van der Waals surface area contributed by atoms with Gasteiger partial charge in [-0.1, -0.05) is 29.8 Å². The highest BCUT2D eigenvalue weighted by Gasteiger charge is 2.51. The van der Waals surface area contributed by atoms with E-state index in [0.29, 0.717) is 10.2 Å². The molecule has 1 aromatic carbocycles. The van der Waals surface area contributed by atoms with Crippen LogP contribution >= 0.6 is 34.3 Å². The summed E-state index contributed by atoms with van der Waals surface area (Å²) in [4.78, 5) is 18.3. The second-order valence-corrected chi connectivity index (χ2v) is 7.80. The van der Waals surface area contributed by atoms with E-state index in [9.17, 15) is 4.79 Å². The summed E-state index contributed by atoms with van der Waals surface area (Å²) in [5.41, 5.74) is 1.52. The lowest BCUT2D eigenvalue weighted by atomic mass is 9.95.